The number of para-hydroxylation sites is 1. The molecule has 0 spiro atoms. The Morgan fingerprint density at radius 3 is 3.27 bits per heavy atom. The van der Waals surface area contributed by atoms with Gasteiger partial charge in [0.1, 0.15) is 5.75 Å². The first-order valence-electron chi connectivity index (χ1n) is 5.34. The van der Waals surface area contributed by atoms with Gasteiger partial charge < -0.3 is 10.1 Å². The van der Waals surface area contributed by atoms with E-state index in [0.29, 0.717) is 13.0 Å². The SMILES string of the molecule is C#CCCOc1cccc2c1NCCC2. The maximum Gasteiger partial charge on any atom is 0.142 e. The summed E-state index contributed by atoms with van der Waals surface area (Å²) in [4.78, 5) is 0. The zero-order valence-electron chi connectivity index (χ0n) is 8.75. The minimum Gasteiger partial charge on any atom is -0.490 e. The lowest BCUT2D eigenvalue weighted by Gasteiger charge is -2.20. The van der Waals surface area contributed by atoms with Crippen LogP contribution in [0.2, 0.25) is 0 Å². The molecular formula is C13H15NO. The molecule has 1 N–H and O–H groups in total. The van der Waals surface area contributed by atoms with Gasteiger partial charge in [-0.1, -0.05) is 12.1 Å². The Morgan fingerprint density at radius 1 is 1.47 bits per heavy atom. The lowest BCUT2D eigenvalue weighted by atomic mass is 10.0. The van der Waals surface area contributed by atoms with Gasteiger partial charge in [0, 0.05) is 13.0 Å². The van der Waals surface area contributed by atoms with Crippen LogP contribution in [0.15, 0.2) is 18.2 Å². The van der Waals surface area contributed by atoms with E-state index in [-0.39, 0.29) is 0 Å². The first-order valence-corrected chi connectivity index (χ1v) is 5.34. The Hall–Kier alpha value is -1.62. The Bertz CT molecular complexity index is 379. The quantitative estimate of drug-likeness (QED) is 0.599. The molecular weight excluding hydrogens is 186 g/mol. The first kappa shape index (κ1) is 9.92. The molecule has 1 aliphatic rings. The van der Waals surface area contributed by atoms with E-state index in [4.69, 9.17) is 11.2 Å². The summed E-state index contributed by atoms with van der Waals surface area (Å²) in [5.74, 6) is 3.51. The van der Waals surface area contributed by atoms with Crippen LogP contribution in [0.1, 0.15) is 18.4 Å². The summed E-state index contributed by atoms with van der Waals surface area (Å²) in [5.41, 5.74) is 2.50. The van der Waals surface area contributed by atoms with Gasteiger partial charge >= 0.3 is 0 Å². The number of hydrogen-bond acceptors (Lipinski definition) is 2. The molecule has 78 valence electrons. The number of rotatable bonds is 3. The minimum atomic E-state index is 0.592. The lowest BCUT2D eigenvalue weighted by Crippen LogP contribution is -2.13. The van der Waals surface area contributed by atoms with Crippen molar-refractivity contribution in [2.24, 2.45) is 0 Å². The fourth-order valence-electron chi connectivity index (χ4n) is 1.82. The molecule has 15 heavy (non-hydrogen) atoms. The van der Waals surface area contributed by atoms with Gasteiger partial charge in [-0.3, -0.25) is 0 Å². The number of hydrogen-bond donors (Lipinski definition) is 1. The van der Waals surface area contributed by atoms with Crippen LogP contribution in [0.4, 0.5) is 5.69 Å². The fraction of sp³-hybridized carbons (Fsp3) is 0.385. The molecule has 2 heteroatoms. The number of nitrogens with one attached hydrogen (secondary N) is 1. The fourth-order valence-corrected chi connectivity index (χ4v) is 1.82. The average Bonchev–Trinajstić information content (AvgIpc) is 2.30. The number of terminal acetylenes is 1. The summed E-state index contributed by atoms with van der Waals surface area (Å²) < 4.78 is 5.64. The number of benzene rings is 1. The van der Waals surface area contributed by atoms with E-state index in [2.05, 4.69) is 17.3 Å². The zero-order valence-corrected chi connectivity index (χ0v) is 8.75. The van der Waals surface area contributed by atoms with Gasteiger partial charge in [0.2, 0.25) is 0 Å². The van der Waals surface area contributed by atoms with Gasteiger partial charge in [0.05, 0.1) is 12.3 Å². The van der Waals surface area contributed by atoms with Crippen molar-refractivity contribution in [3.8, 4) is 18.1 Å². The van der Waals surface area contributed by atoms with E-state index in [1.165, 1.54) is 12.0 Å². The van der Waals surface area contributed by atoms with Gasteiger partial charge in [-0.2, -0.15) is 0 Å². The van der Waals surface area contributed by atoms with Crippen molar-refractivity contribution in [3.63, 3.8) is 0 Å². The van der Waals surface area contributed by atoms with E-state index in [0.717, 1.165) is 24.4 Å². The van der Waals surface area contributed by atoms with Crippen LogP contribution in [0.25, 0.3) is 0 Å². The monoisotopic (exact) mass is 201 g/mol. The Morgan fingerprint density at radius 2 is 2.40 bits per heavy atom. The molecule has 0 unspecified atom stereocenters. The summed E-state index contributed by atoms with van der Waals surface area (Å²) >= 11 is 0. The molecule has 1 aromatic carbocycles. The molecule has 0 aromatic heterocycles. The molecule has 2 nitrogen and oxygen atoms in total. The Kier molecular flexibility index (Phi) is 3.14. The molecule has 0 bridgehead atoms. The largest absolute Gasteiger partial charge is 0.490 e. The van der Waals surface area contributed by atoms with Crippen LogP contribution >= 0.6 is 0 Å². The normalized spacial score (nSPS) is 13.5. The third kappa shape index (κ3) is 2.24. The molecule has 1 aliphatic heterocycles. The highest BCUT2D eigenvalue weighted by Crippen LogP contribution is 2.31. The van der Waals surface area contributed by atoms with Gasteiger partial charge in [-0.15, -0.1) is 12.3 Å². The summed E-state index contributed by atoms with van der Waals surface area (Å²) in [5, 5.41) is 3.38. The van der Waals surface area contributed by atoms with Crippen LogP contribution in [-0.2, 0) is 6.42 Å². The Labute approximate surface area is 90.6 Å². The number of aryl methyl sites for hydroxylation is 1. The second-order valence-electron chi connectivity index (χ2n) is 3.62. The van der Waals surface area contributed by atoms with E-state index in [1.54, 1.807) is 0 Å². The molecule has 0 saturated heterocycles. The van der Waals surface area contributed by atoms with Crippen LogP contribution in [-0.4, -0.2) is 13.2 Å². The van der Waals surface area contributed by atoms with Crippen LogP contribution < -0.4 is 10.1 Å². The van der Waals surface area contributed by atoms with Crippen molar-refractivity contribution in [3.05, 3.63) is 23.8 Å². The molecule has 0 saturated carbocycles. The first-order chi connectivity index (χ1) is 7.42. The van der Waals surface area contributed by atoms with Gasteiger partial charge in [0.15, 0.2) is 0 Å². The van der Waals surface area contributed by atoms with Crippen LogP contribution in [0.5, 0.6) is 5.75 Å². The molecule has 0 amide bonds. The Balaban J connectivity index is 2.13. The van der Waals surface area contributed by atoms with Gasteiger partial charge in [0.25, 0.3) is 0 Å². The third-order valence-corrected chi connectivity index (χ3v) is 2.54. The van der Waals surface area contributed by atoms with Crippen molar-refractivity contribution in [1.82, 2.24) is 0 Å². The van der Waals surface area contributed by atoms with Crippen molar-refractivity contribution in [2.45, 2.75) is 19.3 Å². The smallest absolute Gasteiger partial charge is 0.142 e. The summed E-state index contributed by atoms with van der Waals surface area (Å²) in [6.45, 7) is 1.62. The molecule has 1 heterocycles. The number of fused-ring (bicyclic) bond motifs is 1. The third-order valence-electron chi connectivity index (χ3n) is 2.54. The van der Waals surface area contributed by atoms with Crippen molar-refractivity contribution < 1.29 is 4.74 Å². The molecule has 0 aliphatic carbocycles. The second-order valence-corrected chi connectivity index (χ2v) is 3.62. The summed E-state index contributed by atoms with van der Waals surface area (Å²) in [6.07, 6.45) is 8.17. The highest BCUT2D eigenvalue weighted by Gasteiger charge is 2.12. The molecule has 0 radical (unpaired) electrons. The second kappa shape index (κ2) is 4.75. The molecule has 0 atom stereocenters. The molecule has 0 fully saturated rings. The number of ether oxygens (including phenoxy) is 1. The van der Waals surface area contributed by atoms with Crippen molar-refractivity contribution in [1.29, 1.82) is 0 Å². The topological polar surface area (TPSA) is 21.3 Å². The van der Waals surface area contributed by atoms with E-state index in [9.17, 15) is 0 Å². The predicted octanol–water partition coefficient (Wildman–Crippen LogP) is 2.45. The van der Waals surface area contributed by atoms with Crippen molar-refractivity contribution in [2.75, 3.05) is 18.5 Å². The van der Waals surface area contributed by atoms with Crippen LogP contribution in [0.3, 0.4) is 0 Å². The van der Waals surface area contributed by atoms with Gasteiger partial charge in [-0.05, 0) is 24.5 Å². The number of anilines is 1. The highest BCUT2D eigenvalue weighted by molar-refractivity contribution is 5.63. The summed E-state index contributed by atoms with van der Waals surface area (Å²) in [7, 11) is 0. The lowest BCUT2D eigenvalue weighted by molar-refractivity contribution is 0.328. The van der Waals surface area contributed by atoms with Crippen LogP contribution in [0, 0.1) is 12.3 Å². The summed E-state index contributed by atoms with van der Waals surface area (Å²) in [6, 6.07) is 6.18. The van der Waals surface area contributed by atoms with E-state index in [1.807, 2.05) is 12.1 Å². The van der Waals surface area contributed by atoms with Gasteiger partial charge in [-0.25, -0.2) is 0 Å². The standard InChI is InChI=1S/C13H15NO/c1-2-3-10-15-12-8-4-6-11-7-5-9-14-13(11)12/h1,4,6,8,14H,3,5,7,9-10H2. The molecule has 1 aromatic rings. The molecule has 2 rings (SSSR count). The average molecular weight is 201 g/mol. The predicted molar refractivity (Wildman–Crippen MR) is 62.2 cm³/mol. The van der Waals surface area contributed by atoms with E-state index < -0.39 is 0 Å². The minimum absolute atomic E-state index is 0.592. The maximum atomic E-state index is 5.64. The van der Waals surface area contributed by atoms with E-state index >= 15 is 0 Å². The van der Waals surface area contributed by atoms with Crippen molar-refractivity contribution >= 4 is 5.69 Å². The zero-order chi connectivity index (χ0) is 10.5. The highest BCUT2D eigenvalue weighted by atomic mass is 16.5. The maximum absolute atomic E-state index is 5.64.